The molecule has 2 atom stereocenters. The molecule has 0 spiro atoms. The van der Waals surface area contributed by atoms with Crippen LogP contribution in [0.15, 0.2) is 47.1 Å². The smallest absolute Gasteiger partial charge is 0.256 e. The molecule has 0 aliphatic rings. The minimum Gasteiger partial charge on any atom is -0.327 e. The number of hydrogen-bond donors (Lipinski definition) is 2. The lowest BCUT2D eigenvalue weighted by Gasteiger charge is -2.15. The topological polar surface area (TPSA) is 68.0 Å². The highest BCUT2D eigenvalue weighted by Crippen LogP contribution is 2.22. The SMILES string of the molecule is CC#CCC(N)CCC(C)c1ccc(C(=O)Nc2cc(Br)ccn2)cc1. The lowest BCUT2D eigenvalue weighted by Crippen LogP contribution is -2.19. The largest absolute Gasteiger partial charge is 0.327 e. The molecule has 0 saturated heterocycles. The standard InChI is InChI=1S/C21H24BrN3O/c1-3-4-5-19(23)11-6-15(2)16-7-9-17(10-8-16)21(26)25-20-14-18(22)12-13-24-20/h7-10,12-15,19H,5-6,11,23H2,1-2H3,(H,24,25,26). The van der Waals surface area contributed by atoms with E-state index >= 15 is 0 Å². The normalized spacial score (nSPS) is 12.6. The molecule has 1 heterocycles. The van der Waals surface area contributed by atoms with E-state index in [9.17, 15) is 4.79 Å². The molecule has 0 aliphatic carbocycles. The Kier molecular flexibility index (Phi) is 7.83. The Morgan fingerprint density at radius 3 is 2.65 bits per heavy atom. The lowest BCUT2D eigenvalue weighted by molar-refractivity contribution is 0.102. The number of hydrogen-bond acceptors (Lipinski definition) is 3. The fourth-order valence-electron chi connectivity index (χ4n) is 2.59. The van der Waals surface area contributed by atoms with E-state index in [2.05, 4.69) is 45.0 Å². The minimum absolute atomic E-state index is 0.118. The first kappa shape index (κ1) is 20.2. The van der Waals surface area contributed by atoms with Gasteiger partial charge in [0, 0.05) is 28.7 Å². The zero-order chi connectivity index (χ0) is 18.9. The molecule has 5 heteroatoms. The van der Waals surface area contributed by atoms with Gasteiger partial charge in [-0.3, -0.25) is 4.79 Å². The number of benzene rings is 1. The van der Waals surface area contributed by atoms with E-state index in [4.69, 9.17) is 5.73 Å². The van der Waals surface area contributed by atoms with Gasteiger partial charge in [-0.25, -0.2) is 4.98 Å². The average molecular weight is 414 g/mol. The number of anilines is 1. The number of carbonyl (C=O) groups excluding carboxylic acids is 1. The predicted molar refractivity (Wildman–Crippen MR) is 110 cm³/mol. The van der Waals surface area contributed by atoms with E-state index in [1.807, 2.05) is 37.3 Å². The number of amides is 1. The maximum Gasteiger partial charge on any atom is 0.256 e. The van der Waals surface area contributed by atoms with Crippen LogP contribution in [-0.2, 0) is 0 Å². The molecule has 3 N–H and O–H groups in total. The van der Waals surface area contributed by atoms with Crippen LogP contribution in [0.4, 0.5) is 5.82 Å². The van der Waals surface area contributed by atoms with E-state index < -0.39 is 0 Å². The summed E-state index contributed by atoms with van der Waals surface area (Å²) < 4.78 is 0.870. The Hall–Kier alpha value is -2.16. The Labute approximate surface area is 163 Å². The molecule has 0 aliphatic heterocycles. The van der Waals surface area contributed by atoms with Crippen molar-refractivity contribution in [3.63, 3.8) is 0 Å². The van der Waals surface area contributed by atoms with Crippen molar-refractivity contribution >= 4 is 27.7 Å². The zero-order valence-corrected chi connectivity index (χ0v) is 16.7. The van der Waals surface area contributed by atoms with Crippen LogP contribution in [0.2, 0.25) is 0 Å². The van der Waals surface area contributed by atoms with Gasteiger partial charge in [0.1, 0.15) is 5.82 Å². The van der Waals surface area contributed by atoms with Crippen molar-refractivity contribution in [3.8, 4) is 11.8 Å². The third-order valence-electron chi connectivity index (χ3n) is 4.22. The number of nitrogens with two attached hydrogens (primary N) is 1. The third-order valence-corrected chi connectivity index (χ3v) is 4.71. The highest BCUT2D eigenvalue weighted by atomic mass is 79.9. The second-order valence-corrected chi connectivity index (χ2v) is 7.22. The highest BCUT2D eigenvalue weighted by molar-refractivity contribution is 9.10. The first-order chi connectivity index (χ1) is 12.5. The molecule has 0 saturated carbocycles. The fraction of sp³-hybridized carbons (Fsp3) is 0.333. The van der Waals surface area contributed by atoms with Crippen molar-refractivity contribution in [2.24, 2.45) is 5.73 Å². The van der Waals surface area contributed by atoms with Gasteiger partial charge in [0.15, 0.2) is 0 Å². The summed E-state index contributed by atoms with van der Waals surface area (Å²) in [5.74, 6) is 6.64. The van der Waals surface area contributed by atoms with Gasteiger partial charge in [-0.1, -0.05) is 35.0 Å². The summed E-state index contributed by atoms with van der Waals surface area (Å²) in [5.41, 5.74) is 7.88. The Bertz CT molecular complexity index is 793. The number of halogens is 1. The molecule has 1 aromatic carbocycles. The first-order valence-corrected chi connectivity index (χ1v) is 9.47. The second kappa shape index (κ2) is 10.1. The summed E-state index contributed by atoms with van der Waals surface area (Å²) >= 11 is 3.36. The molecule has 4 nitrogen and oxygen atoms in total. The van der Waals surface area contributed by atoms with Crippen molar-refractivity contribution in [2.45, 2.75) is 45.1 Å². The monoisotopic (exact) mass is 413 g/mol. The maximum atomic E-state index is 12.3. The van der Waals surface area contributed by atoms with Crippen LogP contribution < -0.4 is 11.1 Å². The predicted octanol–water partition coefficient (Wildman–Crippen LogP) is 4.72. The van der Waals surface area contributed by atoms with E-state index in [0.717, 1.165) is 23.7 Å². The van der Waals surface area contributed by atoms with Gasteiger partial charge >= 0.3 is 0 Å². The van der Waals surface area contributed by atoms with E-state index in [0.29, 0.717) is 17.3 Å². The Balaban J connectivity index is 1.92. The van der Waals surface area contributed by atoms with Crippen LogP contribution in [0.1, 0.15) is 54.9 Å². The van der Waals surface area contributed by atoms with Gasteiger partial charge in [-0.15, -0.1) is 11.8 Å². The van der Waals surface area contributed by atoms with Crippen molar-refractivity contribution in [1.29, 1.82) is 0 Å². The molecule has 1 aromatic heterocycles. The van der Waals surface area contributed by atoms with Gasteiger partial charge in [-0.2, -0.15) is 0 Å². The first-order valence-electron chi connectivity index (χ1n) is 8.67. The van der Waals surface area contributed by atoms with Crippen LogP contribution in [0.5, 0.6) is 0 Å². The van der Waals surface area contributed by atoms with E-state index in [1.54, 1.807) is 12.3 Å². The van der Waals surface area contributed by atoms with E-state index in [-0.39, 0.29) is 11.9 Å². The number of nitrogens with one attached hydrogen (secondary N) is 1. The second-order valence-electron chi connectivity index (χ2n) is 6.30. The highest BCUT2D eigenvalue weighted by Gasteiger charge is 2.11. The van der Waals surface area contributed by atoms with Gasteiger partial charge in [0.2, 0.25) is 0 Å². The number of carbonyl (C=O) groups is 1. The van der Waals surface area contributed by atoms with Crippen LogP contribution in [0.25, 0.3) is 0 Å². The van der Waals surface area contributed by atoms with Gasteiger partial charge in [0.25, 0.3) is 5.91 Å². The van der Waals surface area contributed by atoms with Crippen molar-refractivity contribution in [2.75, 3.05) is 5.32 Å². The van der Waals surface area contributed by atoms with E-state index in [1.165, 1.54) is 5.56 Å². The third kappa shape index (κ3) is 6.29. The van der Waals surface area contributed by atoms with Crippen LogP contribution in [0, 0.1) is 11.8 Å². The maximum absolute atomic E-state index is 12.3. The molecule has 1 amide bonds. The molecule has 2 unspecified atom stereocenters. The summed E-state index contributed by atoms with van der Waals surface area (Å²) in [5, 5.41) is 2.80. The summed E-state index contributed by atoms with van der Waals surface area (Å²) in [7, 11) is 0. The van der Waals surface area contributed by atoms with Crippen LogP contribution in [-0.4, -0.2) is 16.9 Å². The zero-order valence-electron chi connectivity index (χ0n) is 15.1. The molecule has 0 radical (unpaired) electrons. The summed E-state index contributed by atoms with van der Waals surface area (Å²) in [6, 6.07) is 11.4. The van der Waals surface area contributed by atoms with Gasteiger partial charge in [0.05, 0.1) is 0 Å². The number of pyridine rings is 1. The quantitative estimate of drug-likeness (QED) is 0.645. The van der Waals surface area contributed by atoms with Crippen LogP contribution >= 0.6 is 15.9 Å². The van der Waals surface area contributed by atoms with Gasteiger partial charge in [-0.05, 0) is 55.5 Å². The average Bonchev–Trinajstić information content (AvgIpc) is 2.64. The Morgan fingerprint density at radius 1 is 1.27 bits per heavy atom. The minimum atomic E-state index is -0.171. The molecule has 136 valence electrons. The number of aromatic nitrogens is 1. The fourth-order valence-corrected chi connectivity index (χ4v) is 2.93. The van der Waals surface area contributed by atoms with Crippen LogP contribution in [0.3, 0.4) is 0 Å². The number of rotatable bonds is 7. The summed E-state index contributed by atoms with van der Waals surface area (Å²) in [4.78, 5) is 16.5. The molecule has 0 fully saturated rings. The Morgan fingerprint density at radius 2 is 2.00 bits per heavy atom. The summed E-state index contributed by atoms with van der Waals surface area (Å²) in [6.45, 7) is 4.01. The van der Waals surface area contributed by atoms with Crippen molar-refractivity contribution < 1.29 is 4.79 Å². The van der Waals surface area contributed by atoms with Crippen molar-refractivity contribution in [3.05, 3.63) is 58.2 Å². The molecule has 2 rings (SSSR count). The summed E-state index contributed by atoms with van der Waals surface area (Å²) in [6.07, 6.45) is 4.32. The molecular weight excluding hydrogens is 390 g/mol. The number of nitrogens with zero attached hydrogens (tertiary/aromatic N) is 1. The van der Waals surface area contributed by atoms with Gasteiger partial charge < -0.3 is 11.1 Å². The lowest BCUT2D eigenvalue weighted by atomic mass is 9.93. The molecule has 0 bridgehead atoms. The molecular formula is C21H24BrN3O. The molecule has 2 aromatic rings. The molecule has 26 heavy (non-hydrogen) atoms. The van der Waals surface area contributed by atoms with Crippen molar-refractivity contribution in [1.82, 2.24) is 4.98 Å².